The quantitative estimate of drug-likeness (QED) is 0.275. The topological polar surface area (TPSA) is 107 Å². The second kappa shape index (κ2) is 14.5. The lowest BCUT2D eigenvalue weighted by atomic mass is 10.1. The van der Waals surface area contributed by atoms with E-state index in [4.69, 9.17) is 23.7 Å². The van der Waals surface area contributed by atoms with Crippen LogP contribution in [-0.4, -0.2) is 92.3 Å². The summed E-state index contributed by atoms with van der Waals surface area (Å²) in [6.45, 7) is 7.25. The van der Waals surface area contributed by atoms with Crippen molar-refractivity contribution in [3.05, 3.63) is 12.7 Å². The zero-order valence-electron chi connectivity index (χ0n) is 15.6. The van der Waals surface area contributed by atoms with Crippen LogP contribution in [0.15, 0.2) is 12.7 Å². The molecular weight excluding hydrogens is 344 g/mol. The van der Waals surface area contributed by atoms with Crippen LogP contribution in [0, 0.1) is 0 Å². The Labute approximate surface area is 155 Å². The number of rotatable bonds is 15. The Balaban J connectivity index is 2.33. The Morgan fingerprint density at radius 3 is 2.50 bits per heavy atom. The molecule has 1 aliphatic heterocycles. The van der Waals surface area contributed by atoms with Gasteiger partial charge in [-0.15, -0.1) is 6.58 Å². The van der Waals surface area contributed by atoms with Crippen molar-refractivity contribution >= 4 is 0 Å². The summed E-state index contributed by atoms with van der Waals surface area (Å²) in [5.41, 5.74) is 0. The van der Waals surface area contributed by atoms with Gasteiger partial charge in [0.2, 0.25) is 0 Å². The third kappa shape index (κ3) is 9.94. The van der Waals surface area contributed by atoms with Crippen molar-refractivity contribution in [2.45, 2.75) is 56.9 Å². The first kappa shape index (κ1) is 23.5. The predicted molar refractivity (Wildman–Crippen MR) is 94.8 cm³/mol. The molecule has 0 aromatic carbocycles. The molecule has 1 fully saturated rings. The van der Waals surface area contributed by atoms with Crippen molar-refractivity contribution in [1.82, 2.24) is 0 Å². The average Bonchev–Trinajstić information content (AvgIpc) is 2.63. The van der Waals surface area contributed by atoms with Gasteiger partial charge in [-0.25, -0.2) is 0 Å². The highest BCUT2D eigenvalue weighted by Crippen LogP contribution is 2.20. The van der Waals surface area contributed by atoms with Crippen LogP contribution in [0.4, 0.5) is 0 Å². The van der Waals surface area contributed by atoms with Crippen LogP contribution in [0.2, 0.25) is 0 Å². The lowest BCUT2D eigenvalue weighted by Crippen LogP contribution is -2.49. The summed E-state index contributed by atoms with van der Waals surface area (Å²) < 4.78 is 27.0. The minimum absolute atomic E-state index is 0.00205. The SMILES string of the molecule is C=CCOCC(O)COC1CCO[C@@H](O)C1OCC(O)COCCCC. The molecule has 8 heteroatoms. The van der Waals surface area contributed by atoms with Crippen molar-refractivity contribution in [1.29, 1.82) is 0 Å². The number of hydrogen-bond donors (Lipinski definition) is 3. The standard InChI is InChI=1S/C18H34O8/c1-3-5-8-23-11-15(20)13-26-17-16(6-9-24-18(17)21)25-12-14(19)10-22-7-4-2/h4,14-21H,2-3,5-13H2,1H3/t14?,15?,16?,17?,18-/m1/s1. The highest BCUT2D eigenvalue weighted by molar-refractivity contribution is 4.79. The van der Waals surface area contributed by atoms with Gasteiger partial charge >= 0.3 is 0 Å². The Morgan fingerprint density at radius 1 is 1.12 bits per heavy atom. The minimum atomic E-state index is -1.14. The van der Waals surface area contributed by atoms with Crippen LogP contribution in [0.1, 0.15) is 26.2 Å². The molecule has 0 bridgehead atoms. The van der Waals surface area contributed by atoms with Crippen molar-refractivity contribution in [3.63, 3.8) is 0 Å². The molecule has 0 aliphatic carbocycles. The molecule has 1 saturated heterocycles. The molecule has 0 saturated carbocycles. The van der Waals surface area contributed by atoms with Gasteiger partial charge in [0.25, 0.3) is 0 Å². The Bertz CT molecular complexity index is 354. The van der Waals surface area contributed by atoms with Crippen LogP contribution in [-0.2, 0) is 23.7 Å². The maximum absolute atomic E-state index is 10.00. The fourth-order valence-corrected chi connectivity index (χ4v) is 2.42. The van der Waals surface area contributed by atoms with E-state index in [1.807, 2.05) is 0 Å². The molecule has 3 N–H and O–H groups in total. The fourth-order valence-electron chi connectivity index (χ4n) is 2.42. The monoisotopic (exact) mass is 378 g/mol. The Kier molecular flexibility index (Phi) is 13.1. The second-order valence-electron chi connectivity index (χ2n) is 6.28. The first-order valence-electron chi connectivity index (χ1n) is 9.23. The molecule has 1 heterocycles. The number of aliphatic hydroxyl groups excluding tert-OH is 3. The summed E-state index contributed by atoms with van der Waals surface area (Å²) in [7, 11) is 0. The van der Waals surface area contributed by atoms with Gasteiger partial charge in [0, 0.05) is 6.61 Å². The third-order valence-corrected chi connectivity index (χ3v) is 3.82. The van der Waals surface area contributed by atoms with Crippen molar-refractivity contribution < 1.29 is 39.0 Å². The van der Waals surface area contributed by atoms with Gasteiger partial charge in [-0.1, -0.05) is 19.4 Å². The summed E-state index contributed by atoms with van der Waals surface area (Å²) in [5.74, 6) is 0. The molecule has 26 heavy (non-hydrogen) atoms. The van der Waals surface area contributed by atoms with Gasteiger partial charge in [-0.3, -0.25) is 0 Å². The summed E-state index contributed by atoms with van der Waals surface area (Å²) in [4.78, 5) is 0. The molecule has 0 aromatic heterocycles. The van der Waals surface area contributed by atoms with Crippen LogP contribution < -0.4 is 0 Å². The zero-order valence-corrected chi connectivity index (χ0v) is 15.6. The first-order chi connectivity index (χ1) is 12.6. The van der Waals surface area contributed by atoms with E-state index in [9.17, 15) is 15.3 Å². The van der Waals surface area contributed by atoms with Crippen molar-refractivity contribution in [2.75, 3.05) is 46.2 Å². The summed E-state index contributed by atoms with van der Waals surface area (Å²) >= 11 is 0. The van der Waals surface area contributed by atoms with E-state index in [0.717, 1.165) is 12.8 Å². The highest BCUT2D eigenvalue weighted by atomic mass is 16.6. The Morgan fingerprint density at radius 2 is 1.81 bits per heavy atom. The first-order valence-corrected chi connectivity index (χ1v) is 9.23. The summed E-state index contributed by atoms with van der Waals surface area (Å²) in [6, 6.07) is 0. The Hall–Kier alpha value is -0.580. The smallest absolute Gasteiger partial charge is 0.183 e. The fraction of sp³-hybridized carbons (Fsp3) is 0.889. The minimum Gasteiger partial charge on any atom is -0.388 e. The van der Waals surface area contributed by atoms with E-state index in [-0.39, 0.29) is 26.4 Å². The van der Waals surface area contributed by atoms with Gasteiger partial charge in [-0.05, 0) is 12.8 Å². The van der Waals surface area contributed by atoms with E-state index in [0.29, 0.717) is 26.2 Å². The van der Waals surface area contributed by atoms with E-state index < -0.39 is 30.7 Å². The second-order valence-corrected chi connectivity index (χ2v) is 6.28. The third-order valence-electron chi connectivity index (χ3n) is 3.82. The van der Waals surface area contributed by atoms with Gasteiger partial charge < -0.3 is 39.0 Å². The summed E-state index contributed by atoms with van der Waals surface area (Å²) in [6.07, 6.45) is 0.188. The molecule has 8 nitrogen and oxygen atoms in total. The molecule has 154 valence electrons. The predicted octanol–water partition coefficient (Wildman–Crippen LogP) is 0.237. The molecule has 1 rings (SSSR count). The molecule has 4 unspecified atom stereocenters. The molecule has 0 aromatic rings. The van der Waals surface area contributed by atoms with Gasteiger partial charge in [0.05, 0.1) is 45.7 Å². The van der Waals surface area contributed by atoms with Gasteiger partial charge in [-0.2, -0.15) is 0 Å². The maximum atomic E-state index is 10.00. The van der Waals surface area contributed by atoms with Gasteiger partial charge in [0.15, 0.2) is 6.29 Å². The van der Waals surface area contributed by atoms with E-state index in [1.54, 1.807) is 6.08 Å². The molecule has 1 aliphatic rings. The molecule has 5 atom stereocenters. The van der Waals surface area contributed by atoms with E-state index in [2.05, 4.69) is 13.5 Å². The number of aliphatic hydroxyl groups is 3. The normalized spacial score (nSPS) is 25.8. The number of hydrogen-bond acceptors (Lipinski definition) is 8. The van der Waals surface area contributed by atoms with Crippen molar-refractivity contribution in [2.24, 2.45) is 0 Å². The van der Waals surface area contributed by atoms with Crippen LogP contribution in [0.25, 0.3) is 0 Å². The molecule has 0 amide bonds. The summed E-state index contributed by atoms with van der Waals surface area (Å²) in [5, 5.41) is 29.8. The largest absolute Gasteiger partial charge is 0.388 e. The van der Waals surface area contributed by atoms with Crippen LogP contribution in [0.3, 0.4) is 0 Å². The zero-order chi connectivity index (χ0) is 19.2. The van der Waals surface area contributed by atoms with E-state index in [1.165, 1.54) is 0 Å². The lowest BCUT2D eigenvalue weighted by molar-refractivity contribution is -0.252. The highest BCUT2D eigenvalue weighted by Gasteiger charge is 2.35. The lowest BCUT2D eigenvalue weighted by Gasteiger charge is -2.35. The average molecular weight is 378 g/mol. The molecule has 0 spiro atoms. The molecule has 0 radical (unpaired) electrons. The van der Waals surface area contributed by atoms with E-state index >= 15 is 0 Å². The van der Waals surface area contributed by atoms with Crippen LogP contribution >= 0.6 is 0 Å². The molecular formula is C18H34O8. The van der Waals surface area contributed by atoms with Crippen molar-refractivity contribution in [3.8, 4) is 0 Å². The van der Waals surface area contributed by atoms with Crippen LogP contribution in [0.5, 0.6) is 0 Å². The maximum Gasteiger partial charge on any atom is 0.183 e. The van der Waals surface area contributed by atoms with Gasteiger partial charge in [0.1, 0.15) is 18.3 Å². The number of unbranched alkanes of at least 4 members (excludes halogenated alkanes) is 1. The number of ether oxygens (including phenoxy) is 5.